The van der Waals surface area contributed by atoms with E-state index in [-0.39, 0.29) is 0 Å². The minimum atomic E-state index is -3.79. The molecule has 1 N–H and O–H groups in total. The third-order valence-corrected chi connectivity index (χ3v) is 3.51. The maximum atomic E-state index is 13.2. The third-order valence-electron chi connectivity index (χ3n) is 2.12. The van der Waals surface area contributed by atoms with Crippen LogP contribution >= 0.6 is 0 Å². The Kier molecular flexibility index (Phi) is 4.36. The van der Waals surface area contributed by atoms with Crippen molar-refractivity contribution in [2.24, 2.45) is 0 Å². The number of nitrogens with one attached hydrogen (secondary N) is 1. The van der Waals surface area contributed by atoms with Crippen LogP contribution in [-0.4, -0.2) is 14.5 Å². The normalized spacial score (nSPS) is 13.4. The Morgan fingerprint density at radius 1 is 1.41 bits per heavy atom. The lowest BCUT2D eigenvalue weighted by atomic mass is 10.2. The van der Waals surface area contributed by atoms with Crippen molar-refractivity contribution in [2.75, 3.05) is 0 Å². The van der Waals surface area contributed by atoms with E-state index in [1.54, 1.807) is 6.92 Å². The molecule has 1 aromatic carbocycles. The fourth-order valence-corrected chi connectivity index (χ4v) is 2.64. The molecule has 1 aromatic rings. The van der Waals surface area contributed by atoms with Crippen LogP contribution in [-0.2, 0) is 15.8 Å². The molecule has 1 atom stereocenters. The van der Waals surface area contributed by atoms with E-state index in [4.69, 9.17) is 0 Å². The summed E-state index contributed by atoms with van der Waals surface area (Å²) in [6, 6.07) is 2.73. The zero-order valence-corrected chi connectivity index (χ0v) is 10.1. The van der Waals surface area contributed by atoms with E-state index in [1.807, 2.05) is 0 Å². The average molecular weight is 261 g/mol. The van der Waals surface area contributed by atoms with Crippen LogP contribution in [0.1, 0.15) is 12.5 Å². The number of rotatable bonds is 5. The zero-order chi connectivity index (χ0) is 13.1. The van der Waals surface area contributed by atoms with Gasteiger partial charge in [-0.2, -0.15) is 0 Å². The Balaban J connectivity index is 2.94. The first-order valence-electron chi connectivity index (χ1n) is 4.91. The largest absolute Gasteiger partial charge is 0.216 e. The second-order valence-corrected chi connectivity index (χ2v) is 5.36. The standard InChI is InChI=1S/C11H13F2NO2S/c1-3-8(2)14-17(15,16)7-9-10(12)5-4-6-11(9)13/h3-6,8,14H,1,7H2,2H3/t8-/m0/s1. The first-order chi connectivity index (χ1) is 7.85. The molecule has 6 heteroatoms. The van der Waals surface area contributed by atoms with Crippen LogP contribution in [0.25, 0.3) is 0 Å². The van der Waals surface area contributed by atoms with Crippen LogP contribution in [0.5, 0.6) is 0 Å². The van der Waals surface area contributed by atoms with Gasteiger partial charge in [-0.3, -0.25) is 0 Å². The lowest BCUT2D eigenvalue weighted by molar-refractivity contribution is 0.549. The lowest BCUT2D eigenvalue weighted by Crippen LogP contribution is -2.32. The molecule has 17 heavy (non-hydrogen) atoms. The molecule has 0 radical (unpaired) electrons. The van der Waals surface area contributed by atoms with E-state index < -0.39 is 39.0 Å². The van der Waals surface area contributed by atoms with Gasteiger partial charge in [-0.1, -0.05) is 12.1 Å². The Labute approximate surface area is 99.2 Å². The van der Waals surface area contributed by atoms with E-state index in [2.05, 4.69) is 11.3 Å². The number of halogens is 2. The molecular weight excluding hydrogens is 248 g/mol. The maximum absolute atomic E-state index is 13.2. The average Bonchev–Trinajstić information content (AvgIpc) is 2.23. The highest BCUT2D eigenvalue weighted by Gasteiger charge is 2.19. The van der Waals surface area contributed by atoms with Gasteiger partial charge in [-0.05, 0) is 19.1 Å². The highest BCUT2D eigenvalue weighted by Crippen LogP contribution is 2.15. The van der Waals surface area contributed by atoms with Gasteiger partial charge < -0.3 is 0 Å². The van der Waals surface area contributed by atoms with Crippen LogP contribution in [0.2, 0.25) is 0 Å². The van der Waals surface area contributed by atoms with Gasteiger partial charge in [0, 0.05) is 11.6 Å². The molecule has 0 bridgehead atoms. The number of benzene rings is 1. The van der Waals surface area contributed by atoms with E-state index in [1.165, 1.54) is 12.1 Å². The van der Waals surface area contributed by atoms with Crippen molar-refractivity contribution < 1.29 is 17.2 Å². The zero-order valence-electron chi connectivity index (χ0n) is 9.28. The molecule has 1 rings (SSSR count). The van der Waals surface area contributed by atoms with Gasteiger partial charge in [0.2, 0.25) is 10.0 Å². The van der Waals surface area contributed by atoms with Crippen LogP contribution < -0.4 is 4.72 Å². The van der Waals surface area contributed by atoms with E-state index in [9.17, 15) is 17.2 Å². The fourth-order valence-electron chi connectivity index (χ4n) is 1.23. The Hall–Kier alpha value is -1.27. The van der Waals surface area contributed by atoms with Crippen molar-refractivity contribution >= 4 is 10.0 Å². The smallest absolute Gasteiger partial charge is 0.212 e. The molecule has 0 aliphatic rings. The first-order valence-corrected chi connectivity index (χ1v) is 6.56. The van der Waals surface area contributed by atoms with Crippen molar-refractivity contribution in [3.05, 3.63) is 48.1 Å². The topological polar surface area (TPSA) is 46.2 Å². The van der Waals surface area contributed by atoms with Crippen LogP contribution in [0.3, 0.4) is 0 Å². The molecule has 0 heterocycles. The van der Waals surface area contributed by atoms with E-state index >= 15 is 0 Å². The van der Waals surface area contributed by atoms with Gasteiger partial charge in [-0.15, -0.1) is 6.58 Å². The van der Waals surface area contributed by atoms with Gasteiger partial charge in [0.1, 0.15) is 11.6 Å². The number of hydrogen-bond donors (Lipinski definition) is 1. The SMILES string of the molecule is C=C[C@H](C)NS(=O)(=O)Cc1c(F)cccc1F. The fraction of sp³-hybridized carbons (Fsp3) is 0.273. The molecule has 94 valence electrons. The molecule has 0 unspecified atom stereocenters. The van der Waals surface area contributed by atoms with Crippen molar-refractivity contribution in [2.45, 2.75) is 18.7 Å². The second-order valence-electron chi connectivity index (χ2n) is 3.60. The first kappa shape index (κ1) is 13.8. The summed E-state index contributed by atoms with van der Waals surface area (Å²) in [7, 11) is -3.79. The molecule has 0 aliphatic carbocycles. The summed E-state index contributed by atoms with van der Waals surface area (Å²) >= 11 is 0. The van der Waals surface area contributed by atoms with Crippen molar-refractivity contribution in [1.29, 1.82) is 0 Å². The number of hydrogen-bond acceptors (Lipinski definition) is 2. The summed E-state index contributed by atoms with van der Waals surface area (Å²) in [6.45, 7) is 4.98. The van der Waals surface area contributed by atoms with Crippen LogP contribution in [0.4, 0.5) is 8.78 Å². The number of sulfonamides is 1. The summed E-state index contributed by atoms with van der Waals surface area (Å²) < 4.78 is 51.9. The predicted octanol–water partition coefficient (Wildman–Crippen LogP) is 1.96. The lowest BCUT2D eigenvalue weighted by Gasteiger charge is -2.11. The molecule has 0 aromatic heterocycles. The predicted molar refractivity (Wildman–Crippen MR) is 61.8 cm³/mol. The maximum Gasteiger partial charge on any atom is 0.216 e. The van der Waals surface area contributed by atoms with Crippen LogP contribution in [0.15, 0.2) is 30.9 Å². The van der Waals surface area contributed by atoms with E-state index in [0.717, 1.165) is 12.1 Å². The minimum Gasteiger partial charge on any atom is -0.212 e. The highest BCUT2D eigenvalue weighted by atomic mass is 32.2. The Bertz CT molecular complexity index is 494. The summed E-state index contributed by atoms with van der Waals surface area (Å²) in [5.74, 6) is -2.48. The summed E-state index contributed by atoms with van der Waals surface area (Å²) in [5, 5.41) is 0. The molecular formula is C11H13F2NO2S. The van der Waals surface area contributed by atoms with Crippen molar-refractivity contribution in [1.82, 2.24) is 4.72 Å². The Morgan fingerprint density at radius 3 is 2.41 bits per heavy atom. The molecule has 0 amide bonds. The van der Waals surface area contributed by atoms with Gasteiger partial charge in [0.15, 0.2) is 0 Å². The molecule has 0 saturated carbocycles. The molecule has 0 saturated heterocycles. The van der Waals surface area contributed by atoms with Gasteiger partial charge in [0.05, 0.1) is 5.75 Å². The van der Waals surface area contributed by atoms with Gasteiger partial charge in [-0.25, -0.2) is 21.9 Å². The van der Waals surface area contributed by atoms with Crippen molar-refractivity contribution in [3.63, 3.8) is 0 Å². The van der Waals surface area contributed by atoms with Crippen LogP contribution in [0, 0.1) is 11.6 Å². The monoisotopic (exact) mass is 261 g/mol. The summed E-state index contributed by atoms with van der Waals surface area (Å²) in [6.07, 6.45) is 1.38. The van der Waals surface area contributed by atoms with Gasteiger partial charge in [0.25, 0.3) is 0 Å². The second kappa shape index (κ2) is 5.37. The summed E-state index contributed by atoms with van der Waals surface area (Å²) in [5.41, 5.74) is -0.462. The Morgan fingerprint density at radius 2 is 1.94 bits per heavy atom. The molecule has 3 nitrogen and oxygen atoms in total. The molecule has 0 aliphatic heterocycles. The quantitative estimate of drug-likeness (QED) is 0.824. The third kappa shape index (κ3) is 3.90. The summed E-state index contributed by atoms with van der Waals surface area (Å²) in [4.78, 5) is 0. The highest BCUT2D eigenvalue weighted by molar-refractivity contribution is 7.88. The van der Waals surface area contributed by atoms with Gasteiger partial charge >= 0.3 is 0 Å². The van der Waals surface area contributed by atoms with Crippen molar-refractivity contribution in [3.8, 4) is 0 Å². The molecule has 0 fully saturated rings. The minimum absolute atomic E-state index is 0.462. The van der Waals surface area contributed by atoms with E-state index in [0.29, 0.717) is 0 Å². The molecule has 0 spiro atoms.